The van der Waals surface area contributed by atoms with E-state index in [1.54, 1.807) is 18.2 Å². The third-order valence-corrected chi connectivity index (χ3v) is 3.41. The lowest BCUT2D eigenvalue weighted by atomic mass is 10.1. The fraction of sp³-hybridized carbons (Fsp3) is 0.417. The van der Waals surface area contributed by atoms with Gasteiger partial charge in [-0.25, -0.2) is 0 Å². The van der Waals surface area contributed by atoms with Crippen molar-refractivity contribution in [1.82, 2.24) is 4.90 Å². The third kappa shape index (κ3) is 3.35. The zero-order valence-corrected chi connectivity index (χ0v) is 11.3. The lowest BCUT2D eigenvalue weighted by Gasteiger charge is -2.26. The zero-order chi connectivity index (χ0) is 13.0. The second-order valence-corrected chi connectivity index (χ2v) is 4.45. The molecule has 0 spiro atoms. The van der Waals surface area contributed by atoms with Crippen molar-refractivity contribution < 1.29 is 9.90 Å². The molecule has 0 aliphatic heterocycles. The number of likely N-dealkylation sites (N-methyl/N-ethyl adjacent to an activating group) is 1. The van der Waals surface area contributed by atoms with Crippen LogP contribution < -0.4 is 0 Å². The summed E-state index contributed by atoms with van der Waals surface area (Å²) >= 11 is 11.7. The lowest BCUT2D eigenvalue weighted by Crippen LogP contribution is -2.33. The van der Waals surface area contributed by atoms with Crippen LogP contribution in [0.25, 0.3) is 0 Å². The molecule has 0 saturated carbocycles. The van der Waals surface area contributed by atoms with Crippen molar-refractivity contribution in [3.63, 3.8) is 0 Å². The van der Waals surface area contributed by atoms with Gasteiger partial charge >= 0.3 is 5.97 Å². The summed E-state index contributed by atoms with van der Waals surface area (Å²) in [4.78, 5) is 13.2. The van der Waals surface area contributed by atoms with Crippen LogP contribution in [0.4, 0.5) is 0 Å². The maximum Gasteiger partial charge on any atom is 0.325 e. The number of carboxylic acids is 1. The highest BCUT2D eigenvalue weighted by Crippen LogP contribution is 2.28. The Bertz CT molecular complexity index is 405. The van der Waals surface area contributed by atoms with Gasteiger partial charge in [0.05, 0.1) is 10.0 Å². The molecule has 0 aliphatic carbocycles. The first-order valence-electron chi connectivity index (χ1n) is 5.43. The SMILES string of the molecule is CCN(CC)C(C(=O)O)c1ccc(Cl)c(Cl)c1. The van der Waals surface area contributed by atoms with Crippen LogP contribution in [0.2, 0.25) is 10.0 Å². The summed E-state index contributed by atoms with van der Waals surface area (Å²) in [7, 11) is 0. The van der Waals surface area contributed by atoms with Crippen LogP contribution in [-0.2, 0) is 4.79 Å². The second kappa shape index (κ2) is 6.24. The van der Waals surface area contributed by atoms with E-state index in [1.807, 2.05) is 18.7 Å². The molecule has 1 rings (SSSR count). The van der Waals surface area contributed by atoms with Crippen molar-refractivity contribution in [2.75, 3.05) is 13.1 Å². The Kier molecular flexibility index (Phi) is 5.25. The molecule has 1 aromatic rings. The first kappa shape index (κ1) is 14.3. The minimum atomic E-state index is -0.882. The van der Waals surface area contributed by atoms with E-state index in [0.29, 0.717) is 28.7 Å². The molecule has 3 nitrogen and oxygen atoms in total. The molecule has 1 N–H and O–H groups in total. The van der Waals surface area contributed by atoms with Gasteiger partial charge in [0.2, 0.25) is 0 Å². The fourth-order valence-corrected chi connectivity index (χ4v) is 2.09. The smallest absolute Gasteiger partial charge is 0.325 e. The standard InChI is InChI=1S/C12H15Cl2NO2/c1-3-15(4-2)11(12(16)17)8-5-6-9(13)10(14)7-8/h5-7,11H,3-4H2,1-2H3,(H,16,17). The first-order chi connectivity index (χ1) is 8.01. The molecule has 0 aromatic heterocycles. The number of hydrogen-bond acceptors (Lipinski definition) is 2. The summed E-state index contributed by atoms with van der Waals surface area (Å²) in [5.41, 5.74) is 0.649. The Morgan fingerprint density at radius 2 is 1.88 bits per heavy atom. The average Bonchev–Trinajstić information content (AvgIpc) is 2.29. The molecule has 1 aromatic carbocycles. The summed E-state index contributed by atoms with van der Waals surface area (Å²) in [5.74, 6) is -0.882. The Morgan fingerprint density at radius 3 is 2.29 bits per heavy atom. The van der Waals surface area contributed by atoms with E-state index in [9.17, 15) is 9.90 Å². The molecule has 0 amide bonds. The Balaban J connectivity index is 3.13. The highest BCUT2D eigenvalue weighted by Gasteiger charge is 2.25. The topological polar surface area (TPSA) is 40.5 Å². The van der Waals surface area contributed by atoms with Crippen LogP contribution >= 0.6 is 23.2 Å². The van der Waals surface area contributed by atoms with E-state index in [4.69, 9.17) is 23.2 Å². The van der Waals surface area contributed by atoms with Crippen LogP contribution in [-0.4, -0.2) is 29.1 Å². The second-order valence-electron chi connectivity index (χ2n) is 3.64. The monoisotopic (exact) mass is 275 g/mol. The number of hydrogen-bond donors (Lipinski definition) is 1. The van der Waals surface area contributed by atoms with Gasteiger partial charge in [-0.05, 0) is 30.8 Å². The van der Waals surface area contributed by atoms with Crippen LogP contribution in [0, 0.1) is 0 Å². The Hall–Kier alpha value is -0.770. The molecule has 0 radical (unpaired) electrons. The van der Waals surface area contributed by atoms with Crippen LogP contribution in [0.3, 0.4) is 0 Å². The lowest BCUT2D eigenvalue weighted by molar-refractivity contribution is -0.143. The number of benzene rings is 1. The predicted octanol–water partition coefficient (Wildman–Crippen LogP) is 3.46. The minimum absolute atomic E-state index is 0.377. The van der Waals surface area contributed by atoms with Crippen LogP contribution in [0.5, 0.6) is 0 Å². The van der Waals surface area contributed by atoms with Gasteiger partial charge in [-0.3, -0.25) is 9.69 Å². The van der Waals surface area contributed by atoms with Crippen molar-refractivity contribution in [2.24, 2.45) is 0 Å². The third-order valence-electron chi connectivity index (χ3n) is 2.67. The Labute approximate surface area is 111 Å². The maximum absolute atomic E-state index is 11.3. The van der Waals surface area contributed by atoms with Gasteiger partial charge in [-0.1, -0.05) is 43.1 Å². The van der Waals surface area contributed by atoms with Crippen molar-refractivity contribution in [2.45, 2.75) is 19.9 Å². The average molecular weight is 276 g/mol. The molecular formula is C12H15Cl2NO2. The molecule has 17 heavy (non-hydrogen) atoms. The van der Waals surface area contributed by atoms with Gasteiger partial charge in [0.1, 0.15) is 6.04 Å². The quantitative estimate of drug-likeness (QED) is 0.895. The normalized spacial score (nSPS) is 12.8. The summed E-state index contributed by atoms with van der Waals surface area (Å²) < 4.78 is 0. The van der Waals surface area contributed by atoms with E-state index in [-0.39, 0.29) is 0 Å². The highest BCUT2D eigenvalue weighted by molar-refractivity contribution is 6.42. The van der Waals surface area contributed by atoms with Gasteiger partial charge in [-0.15, -0.1) is 0 Å². The number of carboxylic acid groups (broad SMARTS) is 1. The maximum atomic E-state index is 11.3. The fourth-order valence-electron chi connectivity index (χ4n) is 1.78. The van der Waals surface area contributed by atoms with Crippen LogP contribution in [0.15, 0.2) is 18.2 Å². The summed E-state index contributed by atoms with van der Waals surface area (Å²) in [6, 6.07) is 4.25. The molecule has 5 heteroatoms. The van der Waals surface area contributed by atoms with Gasteiger partial charge in [0.25, 0.3) is 0 Å². The number of aliphatic carboxylic acids is 1. The largest absolute Gasteiger partial charge is 0.480 e. The molecule has 0 aliphatic rings. The number of rotatable bonds is 5. The summed E-state index contributed by atoms with van der Waals surface area (Å²) in [6.45, 7) is 5.18. The molecule has 94 valence electrons. The molecule has 0 saturated heterocycles. The minimum Gasteiger partial charge on any atom is -0.480 e. The van der Waals surface area contributed by atoms with E-state index < -0.39 is 12.0 Å². The molecule has 1 atom stereocenters. The highest BCUT2D eigenvalue weighted by atomic mass is 35.5. The van der Waals surface area contributed by atoms with E-state index in [0.717, 1.165) is 0 Å². The van der Waals surface area contributed by atoms with Crippen molar-refractivity contribution in [3.05, 3.63) is 33.8 Å². The van der Waals surface area contributed by atoms with E-state index in [1.165, 1.54) is 0 Å². The number of nitrogens with zero attached hydrogens (tertiary/aromatic N) is 1. The van der Waals surface area contributed by atoms with Gasteiger partial charge in [0.15, 0.2) is 0 Å². The van der Waals surface area contributed by atoms with Gasteiger partial charge in [-0.2, -0.15) is 0 Å². The van der Waals surface area contributed by atoms with Gasteiger partial charge < -0.3 is 5.11 Å². The van der Waals surface area contributed by atoms with Gasteiger partial charge in [0, 0.05) is 0 Å². The molecule has 0 heterocycles. The van der Waals surface area contributed by atoms with Crippen molar-refractivity contribution >= 4 is 29.2 Å². The zero-order valence-electron chi connectivity index (χ0n) is 9.78. The Morgan fingerprint density at radius 1 is 1.29 bits per heavy atom. The van der Waals surface area contributed by atoms with Crippen molar-refractivity contribution in [3.8, 4) is 0 Å². The number of carbonyl (C=O) groups is 1. The molecular weight excluding hydrogens is 261 g/mol. The summed E-state index contributed by atoms with van der Waals surface area (Å²) in [6.07, 6.45) is 0. The molecule has 0 fully saturated rings. The predicted molar refractivity (Wildman–Crippen MR) is 69.8 cm³/mol. The molecule has 0 bridgehead atoms. The number of halogens is 2. The van der Waals surface area contributed by atoms with E-state index in [2.05, 4.69) is 0 Å². The summed E-state index contributed by atoms with van der Waals surface area (Å²) in [5, 5.41) is 10.1. The van der Waals surface area contributed by atoms with E-state index >= 15 is 0 Å². The molecule has 1 unspecified atom stereocenters. The van der Waals surface area contributed by atoms with Crippen LogP contribution in [0.1, 0.15) is 25.5 Å². The van der Waals surface area contributed by atoms with Crippen molar-refractivity contribution in [1.29, 1.82) is 0 Å². The first-order valence-corrected chi connectivity index (χ1v) is 6.18.